The molecule has 0 radical (unpaired) electrons. The molecule has 0 atom stereocenters. The molecule has 0 heterocycles. The minimum absolute atomic E-state index is 0.153. The maximum absolute atomic E-state index is 11.0. The summed E-state index contributed by atoms with van der Waals surface area (Å²) in [5.74, 6) is 0.153. The number of amidine groups is 1. The second kappa shape index (κ2) is 17.6. The van der Waals surface area contributed by atoms with E-state index in [0.29, 0.717) is 0 Å². The van der Waals surface area contributed by atoms with Gasteiger partial charge in [-0.15, -0.1) is 6.58 Å². The van der Waals surface area contributed by atoms with E-state index in [4.69, 9.17) is 4.99 Å². The van der Waals surface area contributed by atoms with Crippen molar-refractivity contribution in [3.63, 3.8) is 0 Å². The van der Waals surface area contributed by atoms with Gasteiger partial charge in [-0.05, 0) is 6.92 Å². The molecule has 183 valence electrons. The molecule has 0 aromatic heterocycles. The molecular weight excluding hydrogens is 629 g/mol. The van der Waals surface area contributed by atoms with Crippen LogP contribution in [-0.2, 0) is 37.3 Å². The Morgan fingerprint density at radius 2 is 1.42 bits per heavy atom. The van der Waals surface area contributed by atoms with Crippen LogP contribution in [0.15, 0.2) is 120 Å². The number of nitrogens with one attached hydrogen (secondary N) is 1. The topological polar surface area (TPSA) is 41.5 Å². The van der Waals surface area contributed by atoms with Gasteiger partial charge in [-0.3, -0.25) is 0 Å². The number of nitrogens with zero attached hydrogens (tertiary/aromatic N) is 1. The number of unbranched alkanes of at least 4 members (excludes halogenated alkanes) is 1. The monoisotopic (exact) mass is 667 g/mol. The summed E-state index contributed by atoms with van der Waals surface area (Å²) in [5.41, 5.74) is 6.42. The SMILES string of the molecule is C=CC.CC/C(N=[C]([Hg])NC=O)=C(\CCCCc1ccccc1)C(c1ccccc1)c1ccccc1. The molecule has 0 fully saturated rings. The van der Waals surface area contributed by atoms with Crippen molar-refractivity contribution in [3.05, 3.63) is 132 Å². The van der Waals surface area contributed by atoms with Crippen LogP contribution in [0.4, 0.5) is 0 Å². The molecule has 4 heteroatoms. The first-order valence-electron chi connectivity index (χ1n) is 12.7. The van der Waals surface area contributed by atoms with E-state index in [9.17, 15) is 4.79 Å². The second-order valence-corrected chi connectivity index (χ2v) is 11.1. The summed E-state index contributed by atoms with van der Waals surface area (Å²) in [6, 6.07) is 32.2. The molecule has 3 aromatic rings. The number of carbonyl (C=O) groups excluding carboxylic acids is 1. The van der Waals surface area contributed by atoms with Crippen LogP contribution in [0.2, 0.25) is 0 Å². The van der Waals surface area contributed by atoms with Crippen LogP contribution < -0.4 is 5.32 Å². The molecule has 36 heavy (non-hydrogen) atoms. The van der Waals surface area contributed by atoms with Crippen LogP contribution in [0.25, 0.3) is 0 Å². The third-order valence-electron chi connectivity index (χ3n) is 5.82. The normalized spacial score (nSPS) is 11.8. The van der Waals surface area contributed by atoms with Crippen LogP contribution in [0.3, 0.4) is 0 Å². The first-order chi connectivity index (χ1) is 17.6. The Hall–Kier alpha value is -2.78. The fourth-order valence-corrected chi connectivity index (χ4v) is 5.34. The number of aliphatic imine (C=N–C) groups is 1. The maximum atomic E-state index is 11.0. The number of aryl methyl sites for hydroxylation is 1. The first kappa shape index (κ1) is 29.4. The Balaban J connectivity index is 0.00000145. The van der Waals surface area contributed by atoms with Crippen molar-refractivity contribution >= 4 is 9.75 Å². The van der Waals surface area contributed by atoms with Gasteiger partial charge in [0.25, 0.3) is 0 Å². The third kappa shape index (κ3) is 10.1. The van der Waals surface area contributed by atoms with Crippen LogP contribution in [-0.4, -0.2) is 9.75 Å². The van der Waals surface area contributed by atoms with E-state index in [0.717, 1.165) is 47.6 Å². The predicted molar refractivity (Wildman–Crippen MR) is 149 cm³/mol. The second-order valence-electron chi connectivity index (χ2n) is 8.50. The fraction of sp³-hybridized carbons (Fsp3) is 0.250. The van der Waals surface area contributed by atoms with E-state index in [-0.39, 0.29) is 32.0 Å². The van der Waals surface area contributed by atoms with Gasteiger partial charge in [-0.2, -0.15) is 0 Å². The van der Waals surface area contributed by atoms with Crippen LogP contribution in [0.1, 0.15) is 62.1 Å². The zero-order valence-corrected chi connectivity index (χ0v) is 27.2. The molecule has 0 unspecified atom stereocenters. The number of benzene rings is 3. The van der Waals surface area contributed by atoms with Gasteiger partial charge in [0.05, 0.1) is 0 Å². The molecule has 3 nitrogen and oxygen atoms in total. The van der Waals surface area contributed by atoms with Crippen LogP contribution in [0.5, 0.6) is 0 Å². The molecule has 3 aromatic carbocycles. The van der Waals surface area contributed by atoms with Gasteiger partial charge >= 0.3 is 215 Å². The van der Waals surface area contributed by atoms with Gasteiger partial charge in [0.1, 0.15) is 0 Å². The summed E-state index contributed by atoms with van der Waals surface area (Å²) in [4.78, 5) is 15.9. The Bertz CT molecular complexity index is 1050. The van der Waals surface area contributed by atoms with E-state index < -0.39 is 0 Å². The number of amides is 1. The summed E-state index contributed by atoms with van der Waals surface area (Å²) in [6.45, 7) is 7.41. The van der Waals surface area contributed by atoms with Crippen LogP contribution >= 0.6 is 0 Å². The van der Waals surface area contributed by atoms with Gasteiger partial charge in [0.15, 0.2) is 0 Å². The van der Waals surface area contributed by atoms with Crippen molar-refractivity contribution in [2.45, 2.75) is 51.9 Å². The molecule has 0 aliphatic carbocycles. The van der Waals surface area contributed by atoms with E-state index in [1.165, 1.54) is 22.3 Å². The van der Waals surface area contributed by atoms with Crippen molar-refractivity contribution in [2.75, 3.05) is 0 Å². The Kier molecular flexibility index (Phi) is 14.4. The van der Waals surface area contributed by atoms with Crippen molar-refractivity contribution in [2.24, 2.45) is 4.99 Å². The molecular formula is C32H37HgN2O. The summed E-state index contributed by atoms with van der Waals surface area (Å²) in [7, 11) is 0. The van der Waals surface area contributed by atoms with Crippen molar-refractivity contribution in [3.8, 4) is 0 Å². The number of hydrogen-bond acceptors (Lipinski definition) is 2. The zero-order chi connectivity index (χ0) is 26.0. The van der Waals surface area contributed by atoms with Gasteiger partial charge in [0.2, 0.25) is 0 Å². The number of rotatable bonds is 11. The summed E-state index contributed by atoms with van der Waals surface area (Å²) in [5, 5.41) is 2.79. The Labute approximate surface area is 233 Å². The molecule has 1 N–H and O–H groups in total. The molecule has 0 aliphatic heterocycles. The van der Waals surface area contributed by atoms with Crippen molar-refractivity contribution in [1.29, 1.82) is 0 Å². The molecule has 0 saturated heterocycles. The standard InChI is InChI=1S/C29H31N2O.C3H6.Hg/c1-2-28(31-22-30-23-32)27(21-13-12-16-24-14-6-3-7-15-24)29(25-17-8-4-9-18-25)26-19-10-5-11-20-26;1-3-2;/h3-11,14-15,17-20,23,29H,2,12-13,16,21H2,1H3,(H,30,31,32);3H,1H2,2H3;/b28-27-;;. The summed E-state index contributed by atoms with van der Waals surface area (Å²) < 4.78 is 0.823. The Morgan fingerprint density at radius 1 is 0.917 bits per heavy atom. The summed E-state index contributed by atoms with van der Waals surface area (Å²) >= 11 is 0.236. The van der Waals surface area contributed by atoms with Crippen LogP contribution in [0, 0.1) is 0 Å². The average Bonchev–Trinajstić information content (AvgIpc) is 2.91. The van der Waals surface area contributed by atoms with Gasteiger partial charge in [0, 0.05) is 0 Å². The molecule has 0 saturated carbocycles. The number of hydrogen-bond donors (Lipinski definition) is 1. The van der Waals surface area contributed by atoms with E-state index in [1.807, 2.05) is 6.92 Å². The number of allylic oxidation sites excluding steroid dienone is 3. The molecule has 3 rings (SSSR count). The summed E-state index contributed by atoms with van der Waals surface area (Å²) in [6.07, 6.45) is 7.63. The zero-order valence-electron chi connectivity index (χ0n) is 21.7. The van der Waals surface area contributed by atoms with E-state index in [2.05, 4.69) is 110 Å². The molecule has 1 amide bonds. The third-order valence-corrected chi connectivity index (χ3v) is 7.23. The Morgan fingerprint density at radius 3 is 1.89 bits per heavy atom. The van der Waals surface area contributed by atoms with Crippen molar-refractivity contribution < 1.29 is 30.9 Å². The van der Waals surface area contributed by atoms with Gasteiger partial charge < -0.3 is 0 Å². The molecule has 0 spiro atoms. The fourth-order valence-electron chi connectivity index (χ4n) is 4.27. The molecule has 0 bridgehead atoms. The number of carbonyl (C=O) groups is 1. The average molecular weight is 666 g/mol. The molecule has 0 aliphatic rings. The predicted octanol–water partition coefficient (Wildman–Crippen LogP) is 7.74. The van der Waals surface area contributed by atoms with E-state index in [1.54, 1.807) is 6.08 Å². The minimum atomic E-state index is 0.153. The van der Waals surface area contributed by atoms with Crippen molar-refractivity contribution in [1.82, 2.24) is 5.32 Å². The first-order valence-corrected chi connectivity index (χ1v) is 15.4. The van der Waals surface area contributed by atoms with Gasteiger partial charge in [-0.1, -0.05) is 6.08 Å². The van der Waals surface area contributed by atoms with Gasteiger partial charge in [-0.25, -0.2) is 0 Å². The van der Waals surface area contributed by atoms with E-state index >= 15 is 0 Å². The quantitative estimate of drug-likeness (QED) is 0.0559.